The molecule has 104 valence electrons. The van der Waals surface area contributed by atoms with Gasteiger partial charge in [-0.15, -0.1) is 0 Å². The molecule has 4 nitrogen and oxygen atoms in total. The van der Waals surface area contributed by atoms with Crippen LogP contribution in [0, 0.1) is 0 Å². The second-order valence-corrected chi connectivity index (χ2v) is 4.30. The van der Waals surface area contributed by atoms with Gasteiger partial charge in [0.05, 0.1) is 12.3 Å². The minimum Gasteiger partial charge on any atom is -0.449 e. The number of amides is 1. The molecule has 2 aromatic rings. The number of rotatable bonds is 4. The molecule has 0 saturated heterocycles. The summed E-state index contributed by atoms with van der Waals surface area (Å²) in [7, 11) is 1.77. The van der Waals surface area contributed by atoms with Gasteiger partial charge in [0.25, 0.3) is 0 Å². The van der Waals surface area contributed by atoms with Crippen LogP contribution < -0.4 is 10.4 Å². The maximum absolute atomic E-state index is 11.3. The summed E-state index contributed by atoms with van der Waals surface area (Å²) in [5, 5.41) is 1.63. The van der Waals surface area contributed by atoms with Crippen molar-refractivity contribution in [2.24, 2.45) is 0 Å². The summed E-state index contributed by atoms with van der Waals surface area (Å²) in [5.41, 5.74) is 5.82. The fraction of sp³-hybridized carbons (Fsp3) is 0.188. The smallest absolute Gasteiger partial charge is 0.426 e. The highest BCUT2D eigenvalue weighted by atomic mass is 16.6. The Kier molecular flexibility index (Phi) is 4.60. The molecule has 2 rings (SSSR count). The lowest BCUT2D eigenvalue weighted by Gasteiger charge is -2.20. The number of benzene rings is 2. The lowest BCUT2D eigenvalue weighted by molar-refractivity contribution is 0.151. The highest BCUT2D eigenvalue weighted by molar-refractivity contribution is 5.71. The molecule has 0 bridgehead atoms. The average molecular weight is 270 g/mol. The van der Waals surface area contributed by atoms with Crippen LogP contribution in [0.1, 0.15) is 6.92 Å². The number of nitrogens with zero attached hydrogens (tertiary/aromatic N) is 1. The van der Waals surface area contributed by atoms with Gasteiger partial charge in [0.2, 0.25) is 0 Å². The van der Waals surface area contributed by atoms with Gasteiger partial charge in [-0.3, -0.25) is 5.01 Å². The van der Waals surface area contributed by atoms with Crippen molar-refractivity contribution < 1.29 is 9.53 Å². The van der Waals surface area contributed by atoms with E-state index in [-0.39, 0.29) is 0 Å². The summed E-state index contributed by atoms with van der Waals surface area (Å²) in [6, 6.07) is 18.1. The molecule has 0 heterocycles. The van der Waals surface area contributed by atoms with E-state index >= 15 is 0 Å². The highest BCUT2D eigenvalue weighted by Gasteiger charge is 2.06. The molecular formula is C16H18N2O2. The Morgan fingerprint density at radius 3 is 2.25 bits per heavy atom. The summed E-state index contributed by atoms with van der Waals surface area (Å²) in [6.45, 7) is 2.13. The summed E-state index contributed by atoms with van der Waals surface area (Å²) in [5.74, 6) is 0. The maximum atomic E-state index is 11.3. The van der Waals surface area contributed by atoms with Crippen LogP contribution in [0.2, 0.25) is 0 Å². The van der Waals surface area contributed by atoms with E-state index in [1.54, 1.807) is 19.0 Å². The third kappa shape index (κ3) is 3.51. The Labute approximate surface area is 119 Å². The van der Waals surface area contributed by atoms with Crippen LogP contribution in [0.15, 0.2) is 54.6 Å². The zero-order chi connectivity index (χ0) is 14.4. The first kappa shape index (κ1) is 13.9. The number of hydrogen-bond acceptors (Lipinski definition) is 3. The fourth-order valence-corrected chi connectivity index (χ4v) is 1.87. The van der Waals surface area contributed by atoms with Gasteiger partial charge in [-0.2, -0.15) is 0 Å². The Bertz CT molecular complexity index is 552. The van der Waals surface area contributed by atoms with E-state index < -0.39 is 6.09 Å². The molecule has 1 N–H and O–H groups in total. The highest BCUT2D eigenvalue weighted by Crippen LogP contribution is 2.21. The molecule has 0 spiro atoms. The van der Waals surface area contributed by atoms with E-state index in [0.29, 0.717) is 6.61 Å². The molecule has 0 saturated carbocycles. The van der Waals surface area contributed by atoms with Crippen LogP contribution in [0.4, 0.5) is 10.5 Å². The van der Waals surface area contributed by atoms with Gasteiger partial charge in [-0.25, -0.2) is 10.2 Å². The lowest BCUT2D eigenvalue weighted by Crippen LogP contribution is -2.39. The van der Waals surface area contributed by atoms with Crippen LogP contribution in [-0.2, 0) is 4.74 Å². The molecule has 1 amide bonds. The molecule has 0 radical (unpaired) electrons. The van der Waals surface area contributed by atoms with Crippen molar-refractivity contribution in [1.29, 1.82) is 0 Å². The largest absolute Gasteiger partial charge is 0.449 e. The number of hydrogen-bond donors (Lipinski definition) is 1. The third-order valence-electron chi connectivity index (χ3n) is 2.90. The number of nitrogens with one attached hydrogen (secondary N) is 1. The molecule has 0 atom stereocenters. The van der Waals surface area contributed by atoms with E-state index in [2.05, 4.69) is 17.6 Å². The minimum atomic E-state index is -0.456. The summed E-state index contributed by atoms with van der Waals surface area (Å²) >= 11 is 0. The molecule has 0 aliphatic heterocycles. The molecule has 0 unspecified atom stereocenters. The summed E-state index contributed by atoms with van der Waals surface area (Å²) in [6.07, 6.45) is -0.456. The van der Waals surface area contributed by atoms with E-state index in [0.717, 1.165) is 11.3 Å². The van der Waals surface area contributed by atoms with Crippen molar-refractivity contribution >= 4 is 11.8 Å². The van der Waals surface area contributed by atoms with Crippen molar-refractivity contribution in [3.63, 3.8) is 0 Å². The summed E-state index contributed by atoms with van der Waals surface area (Å²) < 4.78 is 4.84. The molecule has 0 aliphatic rings. The van der Waals surface area contributed by atoms with E-state index in [1.807, 2.05) is 42.5 Å². The van der Waals surface area contributed by atoms with Gasteiger partial charge < -0.3 is 4.74 Å². The van der Waals surface area contributed by atoms with Crippen molar-refractivity contribution in [2.75, 3.05) is 18.7 Å². The van der Waals surface area contributed by atoms with Crippen molar-refractivity contribution in [3.8, 4) is 11.1 Å². The fourth-order valence-electron chi connectivity index (χ4n) is 1.87. The zero-order valence-corrected chi connectivity index (χ0v) is 11.7. The first-order chi connectivity index (χ1) is 9.70. The van der Waals surface area contributed by atoms with Crippen molar-refractivity contribution in [3.05, 3.63) is 54.6 Å². The average Bonchev–Trinajstić information content (AvgIpc) is 2.48. The molecule has 0 aromatic heterocycles. The molecular weight excluding hydrogens is 252 g/mol. The molecule has 20 heavy (non-hydrogen) atoms. The van der Waals surface area contributed by atoms with Crippen LogP contribution in [0.5, 0.6) is 0 Å². The third-order valence-corrected chi connectivity index (χ3v) is 2.90. The normalized spacial score (nSPS) is 9.90. The number of carbonyl (C=O) groups excluding carboxylic acids is 1. The Balaban J connectivity index is 2.06. The van der Waals surface area contributed by atoms with Crippen LogP contribution >= 0.6 is 0 Å². The Morgan fingerprint density at radius 1 is 1.05 bits per heavy atom. The van der Waals surface area contributed by atoms with Crippen molar-refractivity contribution in [1.82, 2.24) is 5.43 Å². The Morgan fingerprint density at radius 2 is 1.65 bits per heavy atom. The van der Waals surface area contributed by atoms with E-state index in [1.165, 1.54) is 5.56 Å². The SMILES string of the molecule is CCOC(=O)NN(C)c1ccc(-c2ccccc2)cc1. The predicted molar refractivity (Wildman–Crippen MR) is 80.4 cm³/mol. The van der Waals surface area contributed by atoms with Crippen LogP contribution in [0.25, 0.3) is 11.1 Å². The quantitative estimate of drug-likeness (QED) is 0.865. The van der Waals surface area contributed by atoms with Crippen LogP contribution in [-0.4, -0.2) is 19.7 Å². The molecule has 4 heteroatoms. The maximum Gasteiger partial charge on any atom is 0.426 e. The van der Waals surface area contributed by atoms with E-state index in [9.17, 15) is 4.79 Å². The van der Waals surface area contributed by atoms with Crippen molar-refractivity contribution in [2.45, 2.75) is 6.92 Å². The van der Waals surface area contributed by atoms with Gasteiger partial charge in [-0.1, -0.05) is 42.5 Å². The number of ether oxygens (including phenoxy) is 1. The van der Waals surface area contributed by atoms with Gasteiger partial charge in [0.15, 0.2) is 0 Å². The number of hydrazine groups is 1. The first-order valence-electron chi connectivity index (χ1n) is 6.53. The summed E-state index contributed by atoms with van der Waals surface area (Å²) in [4.78, 5) is 11.3. The number of carbonyl (C=O) groups is 1. The molecule has 0 aliphatic carbocycles. The van der Waals surface area contributed by atoms with Gasteiger partial charge >= 0.3 is 6.09 Å². The second-order valence-electron chi connectivity index (χ2n) is 4.30. The minimum absolute atomic E-state index is 0.354. The van der Waals surface area contributed by atoms with Gasteiger partial charge in [0, 0.05) is 7.05 Å². The number of anilines is 1. The van der Waals surface area contributed by atoms with E-state index in [4.69, 9.17) is 4.74 Å². The van der Waals surface area contributed by atoms with Crippen LogP contribution in [0.3, 0.4) is 0 Å². The van der Waals surface area contributed by atoms with Gasteiger partial charge in [-0.05, 0) is 30.2 Å². The molecule has 0 fully saturated rings. The zero-order valence-electron chi connectivity index (χ0n) is 11.7. The standard InChI is InChI=1S/C16H18N2O2/c1-3-20-16(19)17-18(2)15-11-9-14(10-12-15)13-7-5-4-6-8-13/h4-12H,3H2,1-2H3,(H,17,19). The second kappa shape index (κ2) is 6.61. The topological polar surface area (TPSA) is 41.6 Å². The monoisotopic (exact) mass is 270 g/mol. The Hall–Kier alpha value is -2.49. The lowest BCUT2D eigenvalue weighted by atomic mass is 10.1. The first-order valence-corrected chi connectivity index (χ1v) is 6.53. The van der Waals surface area contributed by atoms with Gasteiger partial charge in [0.1, 0.15) is 0 Å². The predicted octanol–water partition coefficient (Wildman–Crippen LogP) is 3.45. The molecule has 2 aromatic carbocycles.